The number of hydrogen-bond donors (Lipinski definition) is 3. The molecule has 4 rings (SSSR count). The molecule has 0 saturated carbocycles. The van der Waals surface area contributed by atoms with Crippen LogP contribution in [0.15, 0.2) is 24.3 Å². The molecule has 1 unspecified atom stereocenters. The Morgan fingerprint density at radius 3 is 2.73 bits per heavy atom. The molecule has 1 aromatic heterocycles. The molecule has 9 heteroatoms. The van der Waals surface area contributed by atoms with E-state index < -0.39 is 0 Å². The normalized spacial score (nSPS) is 18.2. The predicted octanol–water partition coefficient (Wildman–Crippen LogP) is 4.60. The van der Waals surface area contributed by atoms with Crippen molar-refractivity contribution in [1.29, 1.82) is 0 Å². The van der Waals surface area contributed by atoms with E-state index in [9.17, 15) is 9.59 Å². The zero-order chi connectivity index (χ0) is 21.5. The highest BCUT2D eigenvalue weighted by Crippen LogP contribution is 2.39. The third-order valence-electron chi connectivity index (χ3n) is 5.24. The standard InChI is InChI=1S/C15H15ClN2OS.C6H12N2OS/c1-17-15-13(11-3-2-4-12(11)20-15)14(19)18-10-7-5-9(16)6-8-10;7-10-8-3-1-2-6(4-8)5-9/h5-8,17H,2-4H2,1H3,(H,18,19);5-6H,1-4,7H2. The monoisotopic (exact) mass is 466 g/mol. The van der Waals surface area contributed by atoms with Gasteiger partial charge in [-0.1, -0.05) is 11.6 Å². The van der Waals surface area contributed by atoms with Gasteiger partial charge in [0.2, 0.25) is 0 Å². The number of fused-ring (bicyclic) bond motifs is 1. The predicted molar refractivity (Wildman–Crippen MR) is 127 cm³/mol. The van der Waals surface area contributed by atoms with Crippen LogP contribution in [0.4, 0.5) is 10.7 Å². The van der Waals surface area contributed by atoms with Gasteiger partial charge in [-0.15, -0.1) is 11.3 Å². The molecule has 6 nitrogen and oxygen atoms in total. The average molecular weight is 467 g/mol. The number of aryl methyl sites for hydroxylation is 1. The molecule has 1 aromatic carbocycles. The summed E-state index contributed by atoms with van der Waals surface area (Å²) in [6, 6.07) is 7.17. The minimum Gasteiger partial charge on any atom is -0.379 e. The van der Waals surface area contributed by atoms with Gasteiger partial charge >= 0.3 is 0 Å². The molecule has 4 N–H and O–H groups in total. The number of rotatable bonds is 5. The molecule has 2 heterocycles. The summed E-state index contributed by atoms with van der Waals surface area (Å²) in [7, 11) is 1.86. The van der Waals surface area contributed by atoms with Gasteiger partial charge in [0.1, 0.15) is 11.3 Å². The number of thiophene rings is 1. The largest absolute Gasteiger partial charge is 0.379 e. The number of nitrogens with one attached hydrogen (secondary N) is 2. The first-order valence-electron chi connectivity index (χ1n) is 10.0. The minimum absolute atomic E-state index is 0.0453. The Balaban J connectivity index is 0.000000216. The van der Waals surface area contributed by atoms with E-state index in [1.807, 2.05) is 23.5 Å². The van der Waals surface area contributed by atoms with E-state index in [4.69, 9.17) is 16.7 Å². The second kappa shape index (κ2) is 11.2. The Kier molecular flexibility index (Phi) is 8.59. The lowest BCUT2D eigenvalue weighted by Gasteiger charge is -2.26. The number of benzene rings is 1. The Bertz CT molecular complexity index is 873. The Hall–Kier alpha value is -1.58. The highest BCUT2D eigenvalue weighted by Gasteiger charge is 2.26. The summed E-state index contributed by atoms with van der Waals surface area (Å²) in [5, 5.41) is 13.1. The highest BCUT2D eigenvalue weighted by molar-refractivity contribution is 7.94. The Morgan fingerprint density at radius 1 is 1.30 bits per heavy atom. The number of anilines is 2. The number of carbonyl (C=O) groups excluding carboxylic acids is 2. The van der Waals surface area contributed by atoms with E-state index in [-0.39, 0.29) is 11.8 Å². The van der Waals surface area contributed by atoms with E-state index in [2.05, 4.69) is 10.6 Å². The zero-order valence-electron chi connectivity index (χ0n) is 16.9. The fourth-order valence-electron chi connectivity index (χ4n) is 3.73. The number of nitrogens with zero attached hydrogens (tertiary/aromatic N) is 1. The molecule has 1 saturated heterocycles. The molecule has 1 fully saturated rings. The van der Waals surface area contributed by atoms with Crippen molar-refractivity contribution in [1.82, 2.24) is 4.31 Å². The summed E-state index contributed by atoms with van der Waals surface area (Å²) in [4.78, 5) is 24.2. The summed E-state index contributed by atoms with van der Waals surface area (Å²) < 4.78 is 2.03. The molecule has 0 bridgehead atoms. The van der Waals surface area contributed by atoms with Crippen LogP contribution in [0.25, 0.3) is 0 Å². The molecule has 1 amide bonds. The van der Waals surface area contributed by atoms with E-state index in [0.717, 1.165) is 67.7 Å². The smallest absolute Gasteiger partial charge is 0.258 e. The van der Waals surface area contributed by atoms with Crippen LogP contribution in [-0.4, -0.2) is 36.6 Å². The van der Waals surface area contributed by atoms with Crippen LogP contribution in [0.2, 0.25) is 5.02 Å². The maximum atomic E-state index is 12.5. The zero-order valence-corrected chi connectivity index (χ0v) is 19.3. The Morgan fingerprint density at radius 2 is 2.07 bits per heavy atom. The van der Waals surface area contributed by atoms with Crippen molar-refractivity contribution >= 4 is 58.0 Å². The lowest BCUT2D eigenvalue weighted by atomic mass is 10.0. The molecule has 30 heavy (non-hydrogen) atoms. The molecule has 0 radical (unpaired) electrons. The third-order valence-corrected chi connectivity index (χ3v) is 7.43. The molecule has 1 aliphatic carbocycles. The first-order chi connectivity index (χ1) is 14.5. The number of aldehydes is 1. The summed E-state index contributed by atoms with van der Waals surface area (Å²) in [5.74, 6) is 0.167. The summed E-state index contributed by atoms with van der Waals surface area (Å²) in [5.41, 5.74) is 2.78. The van der Waals surface area contributed by atoms with Crippen LogP contribution in [0.5, 0.6) is 0 Å². The number of carbonyl (C=O) groups is 2. The topological polar surface area (TPSA) is 87.5 Å². The SMILES string of the molecule is CNc1sc2c(c1C(=O)Nc1ccc(Cl)cc1)CCC2.NSN1CCCC(C=O)C1. The van der Waals surface area contributed by atoms with Gasteiger partial charge in [0.15, 0.2) is 0 Å². The van der Waals surface area contributed by atoms with Crippen molar-refractivity contribution in [3.05, 3.63) is 45.3 Å². The van der Waals surface area contributed by atoms with Gasteiger partial charge in [0.05, 0.1) is 5.56 Å². The molecular weight excluding hydrogens is 440 g/mol. The van der Waals surface area contributed by atoms with Crippen LogP contribution in [0.1, 0.15) is 40.1 Å². The fraction of sp³-hybridized carbons (Fsp3) is 0.429. The molecule has 1 atom stereocenters. The van der Waals surface area contributed by atoms with E-state index in [1.165, 1.54) is 22.6 Å². The quantitative estimate of drug-likeness (QED) is 0.440. The van der Waals surface area contributed by atoms with Crippen molar-refractivity contribution in [2.45, 2.75) is 32.1 Å². The van der Waals surface area contributed by atoms with Crippen molar-refractivity contribution in [3.63, 3.8) is 0 Å². The van der Waals surface area contributed by atoms with Crippen molar-refractivity contribution < 1.29 is 9.59 Å². The van der Waals surface area contributed by atoms with E-state index in [1.54, 1.807) is 23.5 Å². The third kappa shape index (κ3) is 5.76. The van der Waals surface area contributed by atoms with Gasteiger partial charge in [-0.25, -0.2) is 4.31 Å². The summed E-state index contributed by atoms with van der Waals surface area (Å²) in [6.45, 7) is 1.84. The fourth-order valence-corrected chi connectivity index (χ4v) is 5.61. The highest BCUT2D eigenvalue weighted by atomic mass is 35.5. The lowest BCUT2D eigenvalue weighted by molar-refractivity contribution is -0.111. The van der Waals surface area contributed by atoms with Gasteiger partial charge in [-0.05, 0) is 61.9 Å². The van der Waals surface area contributed by atoms with Crippen LogP contribution in [-0.2, 0) is 17.6 Å². The van der Waals surface area contributed by atoms with Gasteiger partial charge in [-0.3, -0.25) is 9.93 Å². The van der Waals surface area contributed by atoms with Crippen LogP contribution >= 0.6 is 35.1 Å². The van der Waals surface area contributed by atoms with Crippen LogP contribution in [0, 0.1) is 5.92 Å². The second-order valence-corrected chi connectivity index (χ2v) is 9.57. The number of nitrogens with two attached hydrogens (primary N) is 1. The lowest BCUT2D eigenvalue weighted by Crippen LogP contribution is -2.32. The number of hydrogen-bond acceptors (Lipinski definition) is 7. The van der Waals surface area contributed by atoms with Crippen LogP contribution in [0.3, 0.4) is 0 Å². The van der Waals surface area contributed by atoms with Crippen LogP contribution < -0.4 is 15.8 Å². The molecule has 2 aliphatic rings. The number of halogens is 1. The molecule has 1 aliphatic heterocycles. The van der Waals surface area contributed by atoms with Gasteiger partial charge < -0.3 is 15.4 Å². The van der Waals surface area contributed by atoms with E-state index >= 15 is 0 Å². The minimum atomic E-state index is -0.0453. The van der Waals surface area contributed by atoms with Crippen molar-refractivity contribution in [2.75, 3.05) is 30.8 Å². The first-order valence-corrected chi connectivity index (χ1v) is 12.0. The molecule has 2 aromatic rings. The summed E-state index contributed by atoms with van der Waals surface area (Å²) in [6.07, 6.45) is 6.38. The number of amides is 1. The van der Waals surface area contributed by atoms with Gasteiger partial charge in [-0.2, -0.15) is 0 Å². The first kappa shape index (κ1) is 23.1. The maximum absolute atomic E-state index is 12.5. The molecule has 0 spiro atoms. The summed E-state index contributed by atoms with van der Waals surface area (Å²) >= 11 is 8.79. The molecular formula is C21H27ClN4O2S2. The van der Waals surface area contributed by atoms with E-state index in [0.29, 0.717) is 5.02 Å². The van der Waals surface area contributed by atoms with Crippen molar-refractivity contribution in [2.24, 2.45) is 11.1 Å². The van der Waals surface area contributed by atoms with Crippen molar-refractivity contribution in [3.8, 4) is 0 Å². The van der Waals surface area contributed by atoms with Gasteiger partial charge in [0, 0.05) is 53.8 Å². The maximum Gasteiger partial charge on any atom is 0.258 e. The Labute approximate surface area is 190 Å². The van der Waals surface area contributed by atoms with Gasteiger partial charge in [0.25, 0.3) is 5.91 Å². The average Bonchev–Trinajstić information content (AvgIpc) is 3.36. The second-order valence-electron chi connectivity index (χ2n) is 7.30. The molecule has 162 valence electrons. The number of piperidine rings is 1.